The molecule has 0 atom stereocenters. The van der Waals surface area contributed by atoms with Crippen molar-refractivity contribution >= 4 is 42.5 Å². The Morgan fingerprint density at radius 1 is 1.06 bits per heavy atom. The molecule has 3 aromatic carbocycles. The number of nitrogens with zero attached hydrogens (tertiary/aromatic N) is 1. The molecule has 2 heterocycles. The van der Waals surface area contributed by atoms with Crippen LogP contribution in [0.2, 0.25) is 0 Å². The zero-order valence-corrected chi connectivity index (χ0v) is 19.9. The van der Waals surface area contributed by atoms with Crippen molar-refractivity contribution in [3.05, 3.63) is 64.6 Å². The fraction of sp³-hybridized carbons (Fsp3) is 0.292. The van der Waals surface area contributed by atoms with Crippen molar-refractivity contribution in [1.82, 2.24) is 4.31 Å². The lowest BCUT2D eigenvalue weighted by Gasteiger charge is -2.43. The van der Waals surface area contributed by atoms with Crippen molar-refractivity contribution < 1.29 is 22.7 Å². The molecule has 1 fully saturated rings. The molecule has 166 valence electrons. The van der Waals surface area contributed by atoms with E-state index in [0.29, 0.717) is 47.5 Å². The first-order chi connectivity index (χ1) is 15.3. The van der Waals surface area contributed by atoms with Gasteiger partial charge in [0.2, 0.25) is 10.0 Å². The Balaban J connectivity index is 1.38. The van der Waals surface area contributed by atoms with Gasteiger partial charge in [-0.15, -0.1) is 0 Å². The van der Waals surface area contributed by atoms with E-state index in [1.54, 1.807) is 18.2 Å². The summed E-state index contributed by atoms with van der Waals surface area (Å²) in [5, 5.41) is 1.90. The summed E-state index contributed by atoms with van der Waals surface area (Å²) in [5.41, 5.74) is -0.0363. The van der Waals surface area contributed by atoms with Crippen LogP contribution in [0.25, 0.3) is 10.8 Å². The molecule has 1 saturated heterocycles. The van der Waals surface area contributed by atoms with E-state index in [-0.39, 0.29) is 17.1 Å². The first-order valence-corrected chi connectivity index (χ1v) is 12.6. The predicted molar refractivity (Wildman–Crippen MR) is 125 cm³/mol. The van der Waals surface area contributed by atoms with E-state index in [1.165, 1.54) is 11.4 Å². The summed E-state index contributed by atoms with van der Waals surface area (Å²) in [6.07, 6.45) is 1.18. The number of halogens is 1. The maximum Gasteiger partial charge on any atom is 0.243 e. The first kappa shape index (κ1) is 21.4. The van der Waals surface area contributed by atoms with Crippen molar-refractivity contribution in [2.75, 3.05) is 20.2 Å². The third-order valence-electron chi connectivity index (χ3n) is 6.37. The summed E-state index contributed by atoms with van der Waals surface area (Å²) in [7, 11) is -2.13. The summed E-state index contributed by atoms with van der Waals surface area (Å²) in [6, 6.07) is 16.3. The monoisotopic (exact) mass is 515 g/mol. The zero-order valence-electron chi connectivity index (χ0n) is 17.5. The number of ether oxygens (including phenoxy) is 2. The lowest BCUT2D eigenvalue weighted by Crippen LogP contribution is -2.52. The third kappa shape index (κ3) is 3.50. The SMILES string of the molecule is COc1ccc(S(=O)(=O)N2CCC3(CC2)CC(=O)c2c(ccc4ccccc24)O3)cc1Br. The predicted octanol–water partition coefficient (Wildman–Crippen LogP) is 4.80. The number of hydrogen-bond donors (Lipinski definition) is 0. The number of fused-ring (bicyclic) bond motifs is 3. The van der Waals surface area contributed by atoms with Crippen LogP contribution >= 0.6 is 15.9 Å². The maximum absolute atomic E-state index is 13.2. The lowest BCUT2D eigenvalue weighted by molar-refractivity contribution is 0.00621. The summed E-state index contributed by atoms with van der Waals surface area (Å²) in [4.78, 5) is 13.3. The highest BCUT2D eigenvalue weighted by Crippen LogP contribution is 2.42. The lowest BCUT2D eigenvalue weighted by atomic mass is 9.82. The average molecular weight is 516 g/mol. The van der Waals surface area contributed by atoms with Crippen LogP contribution in [0.5, 0.6) is 11.5 Å². The number of Topliss-reactive ketones (excluding diaryl/α,β-unsaturated/α-hetero) is 1. The quantitative estimate of drug-likeness (QED) is 0.500. The minimum absolute atomic E-state index is 0.0541. The molecule has 0 amide bonds. The Morgan fingerprint density at radius 2 is 1.81 bits per heavy atom. The molecule has 6 nitrogen and oxygen atoms in total. The number of carbonyl (C=O) groups excluding carboxylic acids is 1. The normalized spacial score (nSPS) is 18.4. The average Bonchev–Trinajstić information content (AvgIpc) is 2.79. The largest absolute Gasteiger partial charge is 0.496 e. The van der Waals surface area contributed by atoms with Crippen LogP contribution in [0.3, 0.4) is 0 Å². The van der Waals surface area contributed by atoms with Gasteiger partial charge in [0.25, 0.3) is 0 Å². The topological polar surface area (TPSA) is 72.9 Å². The van der Waals surface area contributed by atoms with Crippen LogP contribution in [0, 0.1) is 0 Å². The van der Waals surface area contributed by atoms with Gasteiger partial charge in [-0.25, -0.2) is 8.42 Å². The van der Waals surface area contributed by atoms with E-state index in [1.807, 2.05) is 36.4 Å². The van der Waals surface area contributed by atoms with Crippen LogP contribution in [0.4, 0.5) is 0 Å². The summed E-state index contributed by atoms with van der Waals surface area (Å²) in [6.45, 7) is 0.588. The van der Waals surface area contributed by atoms with Gasteiger partial charge < -0.3 is 9.47 Å². The second kappa shape index (κ2) is 7.86. The minimum Gasteiger partial charge on any atom is -0.496 e. The Bertz CT molecular complexity index is 1330. The Hall–Kier alpha value is -2.42. The molecular formula is C24H22BrNO5S. The summed E-state index contributed by atoms with van der Waals surface area (Å²) in [5.74, 6) is 1.22. The zero-order chi connectivity index (χ0) is 22.5. The van der Waals surface area contributed by atoms with Gasteiger partial charge in [-0.2, -0.15) is 4.31 Å². The Morgan fingerprint density at radius 3 is 2.53 bits per heavy atom. The molecule has 0 aliphatic carbocycles. The highest BCUT2D eigenvalue weighted by molar-refractivity contribution is 9.10. The van der Waals surface area contributed by atoms with Crippen molar-refractivity contribution in [2.24, 2.45) is 0 Å². The van der Waals surface area contributed by atoms with E-state index in [2.05, 4.69) is 15.9 Å². The fourth-order valence-electron chi connectivity index (χ4n) is 4.64. The third-order valence-corrected chi connectivity index (χ3v) is 8.89. The van der Waals surface area contributed by atoms with Gasteiger partial charge >= 0.3 is 0 Å². The highest BCUT2D eigenvalue weighted by atomic mass is 79.9. The summed E-state index contributed by atoms with van der Waals surface area (Å²) >= 11 is 3.35. The Labute approximate surface area is 195 Å². The van der Waals surface area contributed by atoms with Gasteiger partial charge in [-0.1, -0.05) is 30.3 Å². The molecular weight excluding hydrogens is 494 g/mol. The number of carbonyl (C=O) groups is 1. The molecule has 1 spiro atoms. The van der Waals surface area contributed by atoms with E-state index in [4.69, 9.17) is 9.47 Å². The molecule has 2 aliphatic heterocycles. The molecule has 8 heteroatoms. The maximum atomic E-state index is 13.2. The second-order valence-electron chi connectivity index (χ2n) is 8.25. The van der Waals surface area contributed by atoms with Crippen molar-refractivity contribution in [3.8, 4) is 11.5 Å². The number of rotatable bonds is 3. The van der Waals surface area contributed by atoms with E-state index >= 15 is 0 Å². The van der Waals surface area contributed by atoms with Gasteiger partial charge in [0, 0.05) is 25.9 Å². The van der Waals surface area contributed by atoms with Crippen LogP contribution < -0.4 is 9.47 Å². The molecule has 0 N–H and O–H groups in total. The van der Waals surface area contributed by atoms with Gasteiger partial charge in [0.15, 0.2) is 5.78 Å². The van der Waals surface area contributed by atoms with Crippen molar-refractivity contribution in [1.29, 1.82) is 0 Å². The second-order valence-corrected chi connectivity index (χ2v) is 11.0. The molecule has 0 unspecified atom stereocenters. The minimum atomic E-state index is -3.66. The van der Waals surface area contributed by atoms with Gasteiger partial charge in [0.05, 0.1) is 28.5 Å². The molecule has 0 aromatic heterocycles. The molecule has 0 radical (unpaired) electrons. The molecule has 2 aliphatic rings. The smallest absolute Gasteiger partial charge is 0.243 e. The van der Waals surface area contributed by atoms with Crippen molar-refractivity contribution in [3.63, 3.8) is 0 Å². The molecule has 3 aromatic rings. The van der Waals surface area contributed by atoms with Gasteiger partial charge in [-0.3, -0.25) is 4.79 Å². The fourth-order valence-corrected chi connectivity index (χ4v) is 6.80. The van der Waals surface area contributed by atoms with Gasteiger partial charge in [-0.05, 0) is 51.0 Å². The number of piperidine rings is 1. The van der Waals surface area contributed by atoms with Crippen LogP contribution in [-0.2, 0) is 10.0 Å². The highest BCUT2D eigenvalue weighted by Gasteiger charge is 2.45. The number of hydrogen-bond acceptors (Lipinski definition) is 5. The van der Waals surface area contributed by atoms with Crippen LogP contribution in [-0.4, -0.2) is 44.3 Å². The number of sulfonamides is 1. The number of benzene rings is 3. The molecule has 32 heavy (non-hydrogen) atoms. The summed E-state index contributed by atoms with van der Waals surface area (Å²) < 4.78 is 40.0. The molecule has 0 bridgehead atoms. The number of ketones is 1. The van der Waals surface area contributed by atoms with Crippen LogP contribution in [0.15, 0.2) is 64.0 Å². The van der Waals surface area contributed by atoms with Crippen LogP contribution in [0.1, 0.15) is 29.6 Å². The first-order valence-electron chi connectivity index (χ1n) is 10.4. The Kier molecular flexibility index (Phi) is 5.27. The van der Waals surface area contributed by atoms with Crippen molar-refractivity contribution in [2.45, 2.75) is 29.8 Å². The molecule has 5 rings (SSSR count). The standard InChI is InChI=1S/C24H22BrNO5S/c1-30-21-9-7-17(14-19(21)25)32(28,29)26-12-10-24(11-13-26)15-20(27)23-18-5-3-2-4-16(18)6-8-22(23)31-24/h2-9,14H,10-13,15H2,1H3. The van der Waals surface area contributed by atoms with E-state index < -0.39 is 15.6 Å². The number of methoxy groups -OCH3 is 1. The van der Waals surface area contributed by atoms with E-state index in [9.17, 15) is 13.2 Å². The molecule has 0 saturated carbocycles. The van der Waals surface area contributed by atoms with E-state index in [0.717, 1.165) is 10.8 Å². The van der Waals surface area contributed by atoms with Gasteiger partial charge in [0.1, 0.15) is 17.1 Å².